The Morgan fingerprint density at radius 1 is 0.684 bits per heavy atom. The molecule has 0 saturated heterocycles. The molecule has 5 aromatic carbocycles. The van der Waals surface area contributed by atoms with Crippen LogP contribution >= 0.6 is 11.3 Å². The van der Waals surface area contributed by atoms with E-state index in [2.05, 4.69) is 193 Å². The molecule has 0 fully saturated rings. The van der Waals surface area contributed by atoms with Crippen molar-refractivity contribution >= 4 is 42.8 Å². The van der Waals surface area contributed by atoms with Gasteiger partial charge in [0.05, 0.1) is 6.04 Å². The van der Waals surface area contributed by atoms with Gasteiger partial charge in [-0.25, -0.2) is 0 Å². The fourth-order valence-corrected chi connectivity index (χ4v) is 9.76. The Morgan fingerprint density at radius 2 is 1.33 bits per heavy atom. The van der Waals surface area contributed by atoms with E-state index in [-0.39, 0.29) is 11.5 Å². The first-order chi connectivity index (χ1) is 27.6. The molecule has 57 heavy (non-hydrogen) atoms. The second kappa shape index (κ2) is 16.6. The zero-order valence-corrected chi connectivity index (χ0v) is 35.0. The largest absolute Gasteiger partial charge is 0.333 e. The third-order valence-corrected chi connectivity index (χ3v) is 12.5. The van der Waals surface area contributed by atoms with Crippen LogP contribution in [0.3, 0.4) is 0 Å². The van der Waals surface area contributed by atoms with Gasteiger partial charge in [0.1, 0.15) is 0 Å². The summed E-state index contributed by atoms with van der Waals surface area (Å²) >= 11 is 1.87. The average Bonchev–Trinajstić information content (AvgIpc) is 3.82. The van der Waals surface area contributed by atoms with Crippen LogP contribution in [0.5, 0.6) is 0 Å². The third kappa shape index (κ3) is 7.63. The van der Waals surface area contributed by atoms with Gasteiger partial charge in [-0.2, -0.15) is 0 Å². The summed E-state index contributed by atoms with van der Waals surface area (Å²) in [6.45, 7) is 24.9. The Kier molecular flexibility index (Phi) is 11.5. The van der Waals surface area contributed by atoms with E-state index in [4.69, 9.17) is 0 Å². The van der Waals surface area contributed by atoms with Crippen LogP contribution in [0, 0.1) is 26.7 Å². The Labute approximate surface area is 344 Å². The van der Waals surface area contributed by atoms with E-state index in [0.29, 0.717) is 5.92 Å². The molecule has 2 aliphatic carbocycles. The van der Waals surface area contributed by atoms with Gasteiger partial charge in [0, 0.05) is 42.9 Å². The first-order valence-corrected chi connectivity index (χ1v) is 20.7. The first kappa shape index (κ1) is 39.3. The molecule has 0 spiro atoms. The molecule has 2 unspecified atom stereocenters. The monoisotopic (exact) mass is 759 g/mol. The van der Waals surface area contributed by atoms with Crippen molar-refractivity contribution in [3.8, 4) is 11.1 Å². The fourth-order valence-electron chi connectivity index (χ4n) is 8.53. The highest BCUT2D eigenvalue weighted by molar-refractivity contribution is 7.25. The quantitative estimate of drug-likeness (QED) is 0.153. The van der Waals surface area contributed by atoms with Gasteiger partial charge < -0.3 is 4.90 Å². The van der Waals surface area contributed by atoms with Crippen LogP contribution in [-0.4, -0.2) is 6.04 Å². The van der Waals surface area contributed by atoms with Crippen molar-refractivity contribution in [2.24, 2.45) is 5.92 Å². The number of thiophene rings is 1. The maximum absolute atomic E-state index is 4.09. The van der Waals surface area contributed by atoms with Crippen LogP contribution in [0.4, 0.5) is 5.69 Å². The van der Waals surface area contributed by atoms with Crippen LogP contribution in [0.2, 0.25) is 0 Å². The zero-order valence-electron chi connectivity index (χ0n) is 34.2. The smallest absolute Gasteiger partial charge is 0.0629 e. The van der Waals surface area contributed by atoms with E-state index >= 15 is 0 Å². The summed E-state index contributed by atoms with van der Waals surface area (Å²) in [4.78, 5) is 2.41. The lowest BCUT2D eigenvalue weighted by atomic mass is 9.82. The molecular weight excluding hydrogens is 707 g/mol. The molecule has 9 rings (SSSR count). The SMILES string of the molecule is C=C/C=C(\C=C/C)c1ccc(C)cc1.C=CC1=C(C=C)N(c2ccc3c(c2)sc2cc(C)ccc23)C2C=CC=CC12.Cc1ccc2c(c1)-c1ccccc1C2(C)C. The summed E-state index contributed by atoms with van der Waals surface area (Å²) in [6.07, 6.45) is 20.7. The number of anilines is 1. The summed E-state index contributed by atoms with van der Waals surface area (Å²) in [6, 6.07) is 37.9. The number of hydrogen-bond donors (Lipinski definition) is 0. The van der Waals surface area contributed by atoms with Crippen LogP contribution in [0.15, 0.2) is 195 Å². The number of fused-ring (bicyclic) bond motifs is 7. The molecule has 0 N–H and O–H groups in total. The average molecular weight is 760 g/mol. The predicted octanol–water partition coefficient (Wildman–Crippen LogP) is 15.4. The van der Waals surface area contributed by atoms with Crippen molar-refractivity contribution in [3.05, 3.63) is 228 Å². The minimum Gasteiger partial charge on any atom is -0.333 e. The van der Waals surface area contributed by atoms with Gasteiger partial charge in [0.15, 0.2) is 0 Å². The minimum absolute atomic E-state index is 0.152. The summed E-state index contributed by atoms with van der Waals surface area (Å²) in [5.41, 5.74) is 15.9. The molecule has 3 aliphatic rings. The lowest BCUT2D eigenvalue weighted by Gasteiger charge is -2.30. The first-order valence-electron chi connectivity index (χ1n) is 19.9. The van der Waals surface area contributed by atoms with Crippen LogP contribution in [0.25, 0.3) is 36.9 Å². The highest BCUT2D eigenvalue weighted by Crippen LogP contribution is 2.49. The van der Waals surface area contributed by atoms with E-state index in [1.165, 1.54) is 81.5 Å². The zero-order chi connectivity index (χ0) is 40.3. The molecule has 1 nitrogen and oxygen atoms in total. The highest BCUT2D eigenvalue weighted by atomic mass is 32.1. The molecule has 0 amide bonds. The van der Waals surface area contributed by atoms with Gasteiger partial charge in [0.25, 0.3) is 0 Å². The molecule has 6 aromatic rings. The standard InChI is InChI=1S/C25H21NS.C16H16.C14H16/c1-4-18-19-8-6-7-9-23(19)26(22(18)5-2)17-11-13-21-20-12-10-16(3)14-24(20)27-25(21)15-17;1-11-8-9-15-13(10-11)12-6-4-5-7-14(12)16(15,2)3;1-4-6-13(7-5-2)14-10-8-12(3)9-11-14/h4-15,19,23H,1-2H2,3H3;4-10H,1-3H3;4-11H,1H2,2-3H3/b;;7-5-,13-6+. The normalized spacial score (nSPS) is 17.4. The van der Waals surface area contributed by atoms with Gasteiger partial charge >= 0.3 is 0 Å². The topological polar surface area (TPSA) is 3.24 Å². The predicted molar refractivity (Wildman–Crippen MR) is 252 cm³/mol. The number of nitrogens with zero attached hydrogens (tertiary/aromatic N) is 1. The number of hydrogen-bond acceptors (Lipinski definition) is 2. The van der Waals surface area contributed by atoms with Crippen molar-refractivity contribution in [3.63, 3.8) is 0 Å². The number of allylic oxidation sites excluding steroid dienone is 9. The molecule has 1 aromatic heterocycles. The Balaban J connectivity index is 0.000000142. The van der Waals surface area contributed by atoms with Gasteiger partial charge in [-0.05, 0) is 96.5 Å². The molecular formula is C55H53NS. The molecule has 1 aliphatic heterocycles. The fraction of sp³-hybridized carbons (Fsp3) is 0.164. The third-order valence-electron chi connectivity index (χ3n) is 11.4. The van der Waals surface area contributed by atoms with E-state index in [1.807, 2.05) is 48.6 Å². The van der Waals surface area contributed by atoms with Gasteiger partial charge in [0.2, 0.25) is 0 Å². The Bertz CT molecular complexity index is 2650. The summed E-state index contributed by atoms with van der Waals surface area (Å²) < 4.78 is 2.68. The van der Waals surface area contributed by atoms with Gasteiger partial charge in [-0.15, -0.1) is 11.3 Å². The maximum atomic E-state index is 4.09. The van der Waals surface area contributed by atoms with Crippen molar-refractivity contribution in [1.29, 1.82) is 0 Å². The Hall–Kier alpha value is -5.96. The summed E-state index contributed by atoms with van der Waals surface area (Å²) in [7, 11) is 0. The number of rotatable bonds is 6. The van der Waals surface area contributed by atoms with Crippen LogP contribution in [-0.2, 0) is 5.41 Å². The van der Waals surface area contributed by atoms with E-state index in [1.54, 1.807) is 0 Å². The molecule has 2 heteroatoms. The van der Waals surface area contributed by atoms with Crippen molar-refractivity contribution in [2.75, 3.05) is 4.90 Å². The van der Waals surface area contributed by atoms with E-state index in [9.17, 15) is 0 Å². The van der Waals surface area contributed by atoms with Gasteiger partial charge in [-0.1, -0.05) is 184 Å². The van der Waals surface area contributed by atoms with Crippen molar-refractivity contribution in [2.45, 2.75) is 53.0 Å². The second-order valence-corrected chi connectivity index (χ2v) is 16.7. The molecule has 2 heterocycles. The van der Waals surface area contributed by atoms with Crippen molar-refractivity contribution < 1.29 is 0 Å². The second-order valence-electron chi connectivity index (χ2n) is 15.6. The van der Waals surface area contributed by atoms with E-state index < -0.39 is 0 Å². The molecule has 0 bridgehead atoms. The van der Waals surface area contributed by atoms with Crippen LogP contribution in [0.1, 0.15) is 54.2 Å². The minimum atomic E-state index is 0.152. The lowest BCUT2D eigenvalue weighted by molar-refractivity contribution is 0.660. The molecule has 2 atom stereocenters. The Morgan fingerprint density at radius 3 is 2.05 bits per heavy atom. The number of benzene rings is 5. The van der Waals surface area contributed by atoms with Crippen LogP contribution < -0.4 is 4.90 Å². The maximum Gasteiger partial charge on any atom is 0.0629 e. The lowest BCUT2D eigenvalue weighted by Crippen LogP contribution is -2.32. The number of aryl methyl sites for hydroxylation is 3. The van der Waals surface area contributed by atoms with E-state index in [0.717, 1.165) is 5.70 Å². The molecule has 0 radical (unpaired) electrons. The highest BCUT2D eigenvalue weighted by Gasteiger charge is 2.37. The van der Waals surface area contributed by atoms with Crippen molar-refractivity contribution in [1.82, 2.24) is 0 Å². The molecule has 0 saturated carbocycles. The van der Waals surface area contributed by atoms with Gasteiger partial charge in [-0.3, -0.25) is 0 Å². The summed E-state index contributed by atoms with van der Waals surface area (Å²) in [5, 5.41) is 2.68. The molecule has 284 valence electrons. The summed E-state index contributed by atoms with van der Waals surface area (Å²) in [5.74, 6) is 0.334.